The minimum atomic E-state index is 0.0583. The molecule has 2 aliphatic rings. The topological polar surface area (TPSA) is 66.3 Å². The predicted molar refractivity (Wildman–Crippen MR) is 88.2 cm³/mol. The van der Waals surface area contributed by atoms with Crippen molar-refractivity contribution < 1.29 is 4.79 Å². The second-order valence-corrected chi connectivity index (χ2v) is 6.86. The van der Waals surface area contributed by atoms with E-state index in [1.165, 1.54) is 12.8 Å². The van der Waals surface area contributed by atoms with Crippen molar-refractivity contribution in [1.29, 1.82) is 0 Å². The average molecular weight is 320 g/mol. The van der Waals surface area contributed by atoms with Crippen molar-refractivity contribution in [2.24, 2.45) is 7.05 Å². The van der Waals surface area contributed by atoms with Gasteiger partial charge in [0.2, 0.25) is 0 Å². The number of piperidine rings is 1. The highest BCUT2D eigenvalue weighted by atomic mass is 16.2. The van der Waals surface area contributed by atoms with Gasteiger partial charge in [-0.1, -0.05) is 0 Å². The third kappa shape index (κ3) is 3.83. The zero-order valence-corrected chi connectivity index (χ0v) is 14.2. The van der Waals surface area contributed by atoms with Gasteiger partial charge in [-0.3, -0.25) is 4.90 Å². The van der Waals surface area contributed by atoms with E-state index in [1.54, 1.807) is 6.33 Å². The third-order valence-corrected chi connectivity index (χ3v) is 5.13. The van der Waals surface area contributed by atoms with Crippen molar-refractivity contribution in [1.82, 2.24) is 29.9 Å². The summed E-state index contributed by atoms with van der Waals surface area (Å²) < 4.78 is 1.96. The van der Waals surface area contributed by atoms with Crippen LogP contribution in [0, 0.1) is 0 Å². The standard InChI is InChI=1S/C16H28N6O/c1-13(21-7-3-4-8-21)10-17-16(23)22-9-5-6-14(11-22)15-19-18-12-20(15)2/h12-14H,3-11H2,1-2H3,(H,17,23)/t13-,14+/m0/s1. The van der Waals surface area contributed by atoms with Gasteiger partial charge in [0.1, 0.15) is 12.2 Å². The smallest absolute Gasteiger partial charge is 0.317 e. The van der Waals surface area contributed by atoms with Crippen LogP contribution in [0.1, 0.15) is 44.3 Å². The first-order chi connectivity index (χ1) is 11.1. The maximum Gasteiger partial charge on any atom is 0.317 e. The molecule has 0 spiro atoms. The molecule has 128 valence electrons. The number of likely N-dealkylation sites (tertiary alicyclic amines) is 2. The average Bonchev–Trinajstić information content (AvgIpc) is 3.24. The van der Waals surface area contributed by atoms with Crippen LogP contribution in [0.5, 0.6) is 0 Å². The van der Waals surface area contributed by atoms with Crippen LogP contribution in [0.3, 0.4) is 0 Å². The summed E-state index contributed by atoms with van der Waals surface area (Å²) in [6, 6.07) is 0.476. The van der Waals surface area contributed by atoms with Crippen LogP contribution in [0.2, 0.25) is 0 Å². The van der Waals surface area contributed by atoms with Crippen molar-refractivity contribution >= 4 is 6.03 Å². The van der Waals surface area contributed by atoms with E-state index in [-0.39, 0.29) is 11.9 Å². The molecule has 7 nitrogen and oxygen atoms in total. The van der Waals surface area contributed by atoms with Crippen LogP contribution in [0.25, 0.3) is 0 Å². The van der Waals surface area contributed by atoms with Gasteiger partial charge >= 0.3 is 6.03 Å². The molecular formula is C16H28N6O. The Hall–Kier alpha value is -1.63. The van der Waals surface area contributed by atoms with Gasteiger partial charge in [0.05, 0.1) is 0 Å². The highest BCUT2D eigenvalue weighted by Gasteiger charge is 2.28. The Balaban J connectivity index is 1.50. The number of hydrogen-bond donors (Lipinski definition) is 1. The second kappa shape index (κ2) is 7.29. The van der Waals surface area contributed by atoms with E-state index in [0.717, 1.165) is 51.4 Å². The third-order valence-electron chi connectivity index (χ3n) is 5.13. The summed E-state index contributed by atoms with van der Waals surface area (Å²) in [6.07, 6.45) is 6.38. The lowest BCUT2D eigenvalue weighted by atomic mass is 9.97. The van der Waals surface area contributed by atoms with Gasteiger partial charge in [-0.2, -0.15) is 0 Å². The highest BCUT2D eigenvalue weighted by Crippen LogP contribution is 2.24. The SMILES string of the molecule is C[C@@H](CNC(=O)N1CCC[C@@H](c2nncn2C)C1)N1CCCC1. The van der Waals surface area contributed by atoms with Crippen molar-refractivity contribution in [3.63, 3.8) is 0 Å². The largest absolute Gasteiger partial charge is 0.336 e. The molecule has 2 atom stereocenters. The molecule has 7 heteroatoms. The summed E-state index contributed by atoms with van der Waals surface area (Å²) in [5, 5.41) is 11.3. The lowest BCUT2D eigenvalue weighted by Crippen LogP contribution is -2.48. The quantitative estimate of drug-likeness (QED) is 0.905. The Morgan fingerprint density at radius 2 is 2.13 bits per heavy atom. The van der Waals surface area contributed by atoms with Gasteiger partial charge < -0.3 is 14.8 Å². The molecule has 1 aromatic heterocycles. The van der Waals surface area contributed by atoms with Crippen molar-refractivity contribution in [3.05, 3.63) is 12.2 Å². The molecule has 3 heterocycles. The molecule has 23 heavy (non-hydrogen) atoms. The van der Waals surface area contributed by atoms with E-state index in [2.05, 4.69) is 27.3 Å². The van der Waals surface area contributed by atoms with Crippen LogP contribution in [0.15, 0.2) is 6.33 Å². The van der Waals surface area contributed by atoms with E-state index in [0.29, 0.717) is 6.04 Å². The number of carbonyl (C=O) groups excluding carboxylic acids is 1. The van der Waals surface area contributed by atoms with Gasteiger partial charge in [0.15, 0.2) is 0 Å². The second-order valence-electron chi connectivity index (χ2n) is 6.86. The van der Waals surface area contributed by atoms with Crippen LogP contribution in [0.4, 0.5) is 4.79 Å². The minimum absolute atomic E-state index is 0.0583. The molecule has 2 saturated heterocycles. The molecule has 1 N–H and O–H groups in total. The van der Waals surface area contributed by atoms with Crippen LogP contribution in [-0.4, -0.2) is 69.4 Å². The highest BCUT2D eigenvalue weighted by molar-refractivity contribution is 5.74. The zero-order valence-electron chi connectivity index (χ0n) is 14.2. The fourth-order valence-electron chi connectivity index (χ4n) is 3.69. The summed E-state index contributed by atoms with van der Waals surface area (Å²) in [5.74, 6) is 1.27. The molecule has 0 unspecified atom stereocenters. The van der Waals surface area contributed by atoms with Crippen LogP contribution >= 0.6 is 0 Å². The summed E-state index contributed by atoms with van der Waals surface area (Å²) in [6.45, 7) is 6.81. The minimum Gasteiger partial charge on any atom is -0.336 e. The van der Waals surface area contributed by atoms with Gasteiger partial charge in [0.25, 0.3) is 0 Å². The number of nitrogens with zero attached hydrogens (tertiary/aromatic N) is 5. The predicted octanol–water partition coefficient (Wildman–Crippen LogP) is 1.19. The van der Waals surface area contributed by atoms with Gasteiger partial charge in [0, 0.05) is 38.6 Å². The van der Waals surface area contributed by atoms with Crippen molar-refractivity contribution in [2.75, 3.05) is 32.7 Å². The Morgan fingerprint density at radius 1 is 1.35 bits per heavy atom. The monoisotopic (exact) mass is 320 g/mol. The molecule has 2 amide bonds. The van der Waals surface area contributed by atoms with E-state index < -0.39 is 0 Å². The molecule has 0 radical (unpaired) electrons. The zero-order chi connectivity index (χ0) is 16.2. The Morgan fingerprint density at radius 3 is 2.83 bits per heavy atom. The number of urea groups is 1. The van der Waals surface area contributed by atoms with E-state index in [1.807, 2.05) is 16.5 Å². The molecule has 1 aromatic rings. The molecule has 0 aliphatic carbocycles. The van der Waals surface area contributed by atoms with Crippen LogP contribution < -0.4 is 5.32 Å². The Bertz CT molecular complexity index is 524. The molecule has 2 aliphatic heterocycles. The maximum absolute atomic E-state index is 12.5. The Kier molecular flexibility index (Phi) is 5.15. The summed E-state index contributed by atoms with van der Waals surface area (Å²) >= 11 is 0. The van der Waals surface area contributed by atoms with E-state index >= 15 is 0 Å². The number of hydrogen-bond acceptors (Lipinski definition) is 4. The number of nitrogens with one attached hydrogen (secondary N) is 1. The number of rotatable bonds is 4. The lowest BCUT2D eigenvalue weighted by molar-refractivity contribution is 0.172. The first-order valence-electron chi connectivity index (χ1n) is 8.76. The van der Waals surface area contributed by atoms with Crippen molar-refractivity contribution in [2.45, 2.75) is 44.6 Å². The van der Waals surface area contributed by atoms with Crippen LogP contribution in [-0.2, 0) is 7.05 Å². The molecular weight excluding hydrogens is 292 g/mol. The van der Waals surface area contributed by atoms with E-state index in [4.69, 9.17) is 0 Å². The van der Waals surface area contributed by atoms with Gasteiger partial charge in [-0.25, -0.2) is 4.79 Å². The normalized spacial score (nSPS) is 23.9. The van der Waals surface area contributed by atoms with Gasteiger partial charge in [-0.15, -0.1) is 10.2 Å². The lowest BCUT2D eigenvalue weighted by Gasteiger charge is -2.33. The fourth-order valence-corrected chi connectivity index (χ4v) is 3.69. The molecule has 0 bridgehead atoms. The summed E-state index contributed by atoms with van der Waals surface area (Å²) in [7, 11) is 1.96. The number of aryl methyl sites for hydroxylation is 1. The number of carbonyl (C=O) groups is 1. The number of amides is 2. The van der Waals surface area contributed by atoms with E-state index in [9.17, 15) is 4.79 Å². The van der Waals surface area contributed by atoms with Gasteiger partial charge in [-0.05, 0) is 45.7 Å². The fraction of sp³-hybridized carbons (Fsp3) is 0.812. The first kappa shape index (κ1) is 16.2. The number of aromatic nitrogens is 3. The molecule has 0 aromatic carbocycles. The first-order valence-corrected chi connectivity index (χ1v) is 8.76. The maximum atomic E-state index is 12.5. The summed E-state index contributed by atoms with van der Waals surface area (Å²) in [4.78, 5) is 16.9. The van der Waals surface area contributed by atoms with Crippen molar-refractivity contribution in [3.8, 4) is 0 Å². The Labute approximate surface area is 138 Å². The molecule has 0 saturated carbocycles. The molecule has 2 fully saturated rings. The summed E-state index contributed by atoms with van der Waals surface area (Å²) in [5.41, 5.74) is 0. The molecule has 3 rings (SSSR count).